The van der Waals surface area contributed by atoms with Gasteiger partial charge in [-0.1, -0.05) is 13.0 Å². The van der Waals surface area contributed by atoms with Gasteiger partial charge in [-0.2, -0.15) is 0 Å². The van der Waals surface area contributed by atoms with Crippen LogP contribution in [0.2, 0.25) is 0 Å². The number of halogens is 2. The monoisotopic (exact) mass is 372 g/mol. The smallest absolute Gasteiger partial charge is 0.276 e. The SMILES string of the molecule is CCc1c(C)nc2cc([C@@H]3CCN(Cc4ccc(F)c(F)c4)C3)[nH]n2c1=O. The van der Waals surface area contributed by atoms with Crippen LogP contribution in [0.15, 0.2) is 29.1 Å². The Morgan fingerprint density at radius 1 is 1.26 bits per heavy atom. The maximum absolute atomic E-state index is 13.4. The number of hydrogen-bond acceptors (Lipinski definition) is 3. The number of H-pyrrole nitrogens is 1. The first-order valence-electron chi connectivity index (χ1n) is 9.23. The number of hydrogen-bond donors (Lipinski definition) is 1. The highest BCUT2D eigenvalue weighted by atomic mass is 19.2. The Hall–Kier alpha value is -2.54. The molecule has 142 valence electrons. The van der Waals surface area contributed by atoms with Crippen molar-refractivity contribution in [1.29, 1.82) is 0 Å². The van der Waals surface area contributed by atoms with E-state index in [1.165, 1.54) is 16.6 Å². The fourth-order valence-electron chi connectivity index (χ4n) is 3.93. The van der Waals surface area contributed by atoms with Crippen molar-refractivity contribution in [2.24, 2.45) is 0 Å². The maximum atomic E-state index is 13.4. The van der Waals surface area contributed by atoms with E-state index in [9.17, 15) is 13.6 Å². The second-order valence-electron chi connectivity index (χ2n) is 7.21. The van der Waals surface area contributed by atoms with Gasteiger partial charge in [0.1, 0.15) is 0 Å². The number of nitrogens with zero attached hydrogens (tertiary/aromatic N) is 3. The van der Waals surface area contributed by atoms with Crippen molar-refractivity contribution in [2.75, 3.05) is 13.1 Å². The predicted molar refractivity (Wildman–Crippen MR) is 98.9 cm³/mol. The van der Waals surface area contributed by atoms with E-state index in [0.29, 0.717) is 18.6 Å². The Kier molecular flexibility index (Phi) is 4.55. The van der Waals surface area contributed by atoms with Gasteiger partial charge >= 0.3 is 0 Å². The number of aryl methyl sites for hydroxylation is 1. The molecule has 0 bridgehead atoms. The molecule has 1 atom stereocenters. The lowest BCUT2D eigenvalue weighted by atomic mass is 10.1. The molecular weight excluding hydrogens is 350 g/mol. The molecule has 0 spiro atoms. The molecule has 1 aliphatic heterocycles. The van der Waals surface area contributed by atoms with Crippen LogP contribution in [-0.4, -0.2) is 32.6 Å². The highest BCUT2D eigenvalue weighted by Crippen LogP contribution is 2.28. The molecule has 0 amide bonds. The summed E-state index contributed by atoms with van der Waals surface area (Å²) in [5.74, 6) is -1.39. The fraction of sp³-hybridized carbons (Fsp3) is 0.400. The third kappa shape index (κ3) is 3.27. The summed E-state index contributed by atoms with van der Waals surface area (Å²) < 4.78 is 28.0. The largest absolute Gasteiger partial charge is 0.298 e. The quantitative estimate of drug-likeness (QED) is 0.765. The molecule has 2 aromatic heterocycles. The van der Waals surface area contributed by atoms with E-state index in [1.54, 1.807) is 6.07 Å². The van der Waals surface area contributed by atoms with Crippen LogP contribution in [0.4, 0.5) is 8.78 Å². The summed E-state index contributed by atoms with van der Waals surface area (Å²) in [5.41, 5.74) is 3.85. The highest BCUT2D eigenvalue weighted by molar-refractivity contribution is 5.42. The summed E-state index contributed by atoms with van der Waals surface area (Å²) in [6.45, 7) is 6.05. The number of likely N-dealkylation sites (tertiary alicyclic amines) is 1. The van der Waals surface area contributed by atoms with Gasteiger partial charge in [0.25, 0.3) is 5.56 Å². The van der Waals surface area contributed by atoms with Crippen LogP contribution in [-0.2, 0) is 13.0 Å². The highest BCUT2D eigenvalue weighted by Gasteiger charge is 2.26. The Labute approximate surface area is 155 Å². The molecule has 7 heteroatoms. The molecular formula is C20H22F2N4O. The minimum Gasteiger partial charge on any atom is -0.298 e. The predicted octanol–water partition coefficient (Wildman–Crippen LogP) is 3.16. The summed E-state index contributed by atoms with van der Waals surface area (Å²) in [6, 6.07) is 5.98. The summed E-state index contributed by atoms with van der Waals surface area (Å²) >= 11 is 0. The van der Waals surface area contributed by atoms with Crippen LogP contribution >= 0.6 is 0 Å². The molecule has 1 fully saturated rings. The molecule has 1 N–H and O–H groups in total. The van der Waals surface area contributed by atoms with Gasteiger partial charge in [0, 0.05) is 42.0 Å². The van der Waals surface area contributed by atoms with Crippen molar-refractivity contribution in [3.8, 4) is 0 Å². The van der Waals surface area contributed by atoms with Crippen molar-refractivity contribution in [3.05, 3.63) is 68.8 Å². The Morgan fingerprint density at radius 2 is 2.07 bits per heavy atom. The summed E-state index contributed by atoms with van der Waals surface area (Å²) in [4.78, 5) is 19.3. The van der Waals surface area contributed by atoms with Crippen molar-refractivity contribution < 1.29 is 8.78 Å². The van der Waals surface area contributed by atoms with E-state index in [2.05, 4.69) is 15.0 Å². The van der Waals surface area contributed by atoms with Gasteiger partial charge in [0.05, 0.1) is 0 Å². The van der Waals surface area contributed by atoms with Gasteiger partial charge in [-0.05, 0) is 44.0 Å². The molecule has 0 aliphatic carbocycles. The van der Waals surface area contributed by atoms with Crippen LogP contribution in [0, 0.1) is 18.6 Å². The number of rotatable bonds is 4. The summed E-state index contributed by atoms with van der Waals surface area (Å²) in [5, 5.41) is 3.21. The minimum atomic E-state index is -0.823. The third-order valence-electron chi connectivity index (χ3n) is 5.39. The van der Waals surface area contributed by atoms with Crippen LogP contribution in [0.5, 0.6) is 0 Å². The molecule has 5 nitrogen and oxygen atoms in total. The Morgan fingerprint density at radius 3 is 2.81 bits per heavy atom. The minimum absolute atomic E-state index is 0.0390. The van der Waals surface area contributed by atoms with Gasteiger partial charge in [0.15, 0.2) is 17.3 Å². The van der Waals surface area contributed by atoms with E-state index < -0.39 is 11.6 Å². The zero-order chi connectivity index (χ0) is 19.1. The molecule has 1 aliphatic rings. The van der Waals surface area contributed by atoms with Crippen molar-refractivity contribution in [1.82, 2.24) is 19.5 Å². The zero-order valence-corrected chi connectivity index (χ0v) is 15.4. The molecule has 3 aromatic rings. The first-order valence-corrected chi connectivity index (χ1v) is 9.23. The maximum Gasteiger partial charge on any atom is 0.276 e. The number of benzene rings is 1. The average Bonchev–Trinajstić information content (AvgIpc) is 3.25. The first kappa shape index (κ1) is 17.9. The normalized spacial score (nSPS) is 17.9. The number of nitrogens with one attached hydrogen (secondary N) is 1. The topological polar surface area (TPSA) is 53.4 Å². The molecule has 1 aromatic carbocycles. The van der Waals surface area contributed by atoms with Gasteiger partial charge in [-0.25, -0.2) is 18.3 Å². The second kappa shape index (κ2) is 6.88. The van der Waals surface area contributed by atoms with Gasteiger partial charge in [-0.15, -0.1) is 0 Å². The van der Waals surface area contributed by atoms with Gasteiger partial charge in [0.2, 0.25) is 0 Å². The molecule has 1 saturated heterocycles. The molecule has 0 unspecified atom stereocenters. The molecule has 3 heterocycles. The standard InChI is InChI=1S/C20H22F2N4O/c1-3-15-12(2)23-19-9-18(24-26(19)20(15)27)14-6-7-25(11-14)10-13-4-5-16(21)17(22)8-13/h4-5,8-9,14,24H,3,6-7,10-11H2,1-2H3/t14-/m1/s1. The van der Waals surface area contributed by atoms with Crippen LogP contribution in [0.1, 0.15) is 41.8 Å². The fourth-order valence-corrected chi connectivity index (χ4v) is 3.93. The Bertz CT molecular complexity index is 1060. The van der Waals surface area contributed by atoms with E-state index in [-0.39, 0.29) is 11.5 Å². The van der Waals surface area contributed by atoms with Gasteiger partial charge in [-0.3, -0.25) is 14.8 Å². The Balaban J connectivity index is 1.54. The third-order valence-corrected chi connectivity index (χ3v) is 5.39. The first-order chi connectivity index (χ1) is 13.0. The molecule has 27 heavy (non-hydrogen) atoms. The second-order valence-corrected chi connectivity index (χ2v) is 7.21. The number of fused-ring (bicyclic) bond motifs is 1. The average molecular weight is 372 g/mol. The number of aromatic nitrogens is 3. The molecule has 4 rings (SSSR count). The zero-order valence-electron chi connectivity index (χ0n) is 15.4. The molecule has 0 saturated carbocycles. The summed E-state index contributed by atoms with van der Waals surface area (Å²) in [7, 11) is 0. The number of aromatic amines is 1. The van der Waals surface area contributed by atoms with Gasteiger partial charge < -0.3 is 0 Å². The van der Waals surface area contributed by atoms with Crippen molar-refractivity contribution >= 4 is 5.65 Å². The van der Waals surface area contributed by atoms with E-state index >= 15 is 0 Å². The van der Waals surface area contributed by atoms with E-state index in [1.807, 2.05) is 19.9 Å². The van der Waals surface area contributed by atoms with Crippen molar-refractivity contribution in [2.45, 2.75) is 39.2 Å². The lowest BCUT2D eigenvalue weighted by molar-refractivity contribution is 0.325. The lowest BCUT2D eigenvalue weighted by Gasteiger charge is -2.15. The van der Waals surface area contributed by atoms with Crippen LogP contribution in [0.3, 0.4) is 0 Å². The molecule has 0 radical (unpaired) electrons. The van der Waals surface area contributed by atoms with E-state index in [0.717, 1.165) is 42.0 Å². The lowest BCUT2D eigenvalue weighted by Crippen LogP contribution is -2.22. The van der Waals surface area contributed by atoms with E-state index in [4.69, 9.17) is 0 Å². The summed E-state index contributed by atoms with van der Waals surface area (Å²) in [6.07, 6.45) is 1.59. The van der Waals surface area contributed by atoms with Crippen molar-refractivity contribution in [3.63, 3.8) is 0 Å². The van der Waals surface area contributed by atoms with Crippen LogP contribution < -0.4 is 5.56 Å². The van der Waals surface area contributed by atoms with Crippen LogP contribution in [0.25, 0.3) is 5.65 Å².